The van der Waals surface area contributed by atoms with Crippen molar-refractivity contribution in [2.75, 3.05) is 13.1 Å². The van der Waals surface area contributed by atoms with Crippen LogP contribution in [0.4, 0.5) is 0 Å². The van der Waals surface area contributed by atoms with Crippen molar-refractivity contribution in [3.05, 3.63) is 29.6 Å². The van der Waals surface area contributed by atoms with Crippen LogP contribution in [0.1, 0.15) is 50.3 Å². The van der Waals surface area contributed by atoms with E-state index >= 15 is 0 Å². The van der Waals surface area contributed by atoms with Gasteiger partial charge in [0, 0.05) is 11.9 Å². The predicted octanol–water partition coefficient (Wildman–Crippen LogP) is 3.52. The molecule has 1 aromatic rings. The Balaban J connectivity index is 1.92. The Kier molecular flexibility index (Phi) is 4.76. The highest BCUT2D eigenvalue weighted by Crippen LogP contribution is 2.38. The number of rotatable bonds is 5. The number of nitrogens with one attached hydrogen (secondary N) is 1. The average molecular weight is 246 g/mol. The molecule has 2 rings (SSSR count). The van der Waals surface area contributed by atoms with Crippen molar-refractivity contribution in [1.29, 1.82) is 0 Å². The number of aryl methyl sites for hydroxylation is 1. The van der Waals surface area contributed by atoms with Crippen LogP contribution in [-0.2, 0) is 0 Å². The maximum absolute atomic E-state index is 4.45. The molecule has 1 saturated carbocycles. The third-order valence-electron chi connectivity index (χ3n) is 3.98. The molecule has 1 aliphatic rings. The van der Waals surface area contributed by atoms with Crippen molar-refractivity contribution in [2.45, 2.75) is 46.0 Å². The summed E-state index contributed by atoms with van der Waals surface area (Å²) in [6, 6.07) is 4.42. The first-order valence-corrected chi connectivity index (χ1v) is 7.30. The molecule has 0 saturated heterocycles. The topological polar surface area (TPSA) is 24.9 Å². The third kappa shape index (κ3) is 3.55. The Morgan fingerprint density at radius 3 is 2.83 bits per heavy atom. The molecule has 2 unspecified atom stereocenters. The molecule has 0 bridgehead atoms. The van der Waals surface area contributed by atoms with Gasteiger partial charge in [-0.25, -0.2) is 0 Å². The van der Waals surface area contributed by atoms with Crippen molar-refractivity contribution < 1.29 is 0 Å². The van der Waals surface area contributed by atoms with Gasteiger partial charge in [0.2, 0.25) is 0 Å². The van der Waals surface area contributed by atoms with E-state index in [9.17, 15) is 0 Å². The molecule has 18 heavy (non-hydrogen) atoms. The molecule has 1 fully saturated rings. The van der Waals surface area contributed by atoms with E-state index in [2.05, 4.69) is 49.4 Å². The molecular formula is C16H26N2. The van der Waals surface area contributed by atoms with Crippen LogP contribution in [0.2, 0.25) is 0 Å². The van der Waals surface area contributed by atoms with Crippen LogP contribution in [0.5, 0.6) is 0 Å². The minimum absolute atomic E-state index is 0.720. The molecule has 0 spiro atoms. The zero-order chi connectivity index (χ0) is 13.0. The second kappa shape index (κ2) is 6.33. The van der Waals surface area contributed by atoms with Crippen LogP contribution < -0.4 is 5.32 Å². The summed E-state index contributed by atoms with van der Waals surface area (Å²) in [6.07, 6.45) is 6.15. The molecule has 1 aromatic heterocycles. The fourth-order valence-electron chi connectivity index (χ4n) is 2.98. The first-order chi connectivity index (χ1) is 8.66. The lowest BCUT2D eigenvalue weighted by atomic mass is 9.89. The second-order valence-electron chi connectivity index (χ2n) is 6.08. The summed E-state index contributed by atoms with van der Waals surface area (Å²) >= 11 is 0. The van der Waals surface area contributed by atoms with Crippen molar-refractivity contribution in [3.8, 4) is 0 Å². The number of aromatic nitrogens is 1. The van der Waals surface area contributed by atoms with E-state index in [1.54, 1.807) is 0 Å². The molecule has 2 heteroatoms. The minimum Gasteiger partial charge on any atom is -0.316 e. The van der Waals surface area contributed by atoms with Gasteiger partial charge in [0.1, 0.15) is 0 Å². The monoisotopic (exact) mass is 246 g/mol. The lowest BCUT2D eigenvalue weighted by molar-refractivity contribution is 0.424. The zero-order valence-corrected chi connectivity index (χ0v) is 11.9. The van der Waals surface area contributed by atoms with Crippen molar-refractivity contribution in [3.63, 3.8) is 0 Å². The molecular weight excluding hydrogens is 220 g/mol. The molecule has 1 aliphatic carbocycles. The highest BCUT2D eigenvalue weighted by atomic mass is 14.9. The van der Waals surface area contributed by atoms with E-state index in [0.29, 0.717) is 0 Å². The Hall–Kier alpha value is -0.890. The fourth-order valence-corrected chi connectivity index (χ4v) is 2.98. The highest BCUT2D eigenvalue weighted by Gasteiger charge is 2.28. The predicted molar refractivity (Wildman–Crippen MR) is 76.8 cm³/mol. The maximum atomic E-state index is 4.45. The standard InChI is InChI=1S/C16H26N2/c1-12(2)9-17-10-14-5-4-6-16(14)15-8-7-13(3)18-11-15/h7-8,11-12,14,16-17H,4-6,9-10H2,1-3H3. The van der Waals surface area contributed by atoms with E-state index in [4.69, 9.17) is 0 Å². The molecule has 0 aliphatic heterocycles. The summed E-state index contributed by atoms with van der Waals surface area (Å²) in [5, 5.41) is 3.62. The molecule has 1 N–H and O–H groups in total. The average Bonchev–Trinajstić information content (AvgIpc) is 2.78. The third-order valence-corrected chi connectivity index (χ3v) is 3.98. The zero-order valence-electron chi connectivity index (χ0n) is 11.9. The van der Waals surface area contributed by atoms with Crippen molar-refractivity contribution >= 4 is 0 Å². The summed E-state index contributed by atoms with van der Waals surface area (Å²) in [5.41, 5.74) is 2.56. The summed E-state index contributed by atoms with van der Waals surface area (Å²) < 4.78 is 0. The largest absolute Gasteiger partial charge is 0.316 e. The molecule has 100 valence electrons. The van der Waals surface area contributed by atoms with E-state index < -0.39 is 0 Å². The van der Waals surface area contributed by atoms with Gasteiger partial charge in [0.15, 0.2) is 0 Å². The summed E-state index contributed by atoms with van der Waals surface area (Å²) in [4.78, 5) is 4.45. The Bertz CT molecular complexity index is 356. The SMILES string of the molecule is Cc1ccc(C2CCCC2CNCC(C)C)cn1. The van der Waals surface area contributed by atoms with E-state index in [-0.39, 0.29) is 0 Å². The lowest BCUT2D eigenvalue weighted by Gasteiger charge is -2.21. The number of hydrogen-bond acceptors (Lipinski definition) is 2. The van der Waals surface area contributed by atoms with Crippen molar-refractivity contribution in [1.82, 2.24) is 10.3 Å². The normalized spacial score (nSPS) is 23.8. The number of pyridine rings is 1. The van der Waals surface area contributed by atoms with Gasteiger partial charge in [0.25, 0.3) is 0 Å². The molecule has 2 atom stereocenters. The van der Waals surface area contributed by atoms with Crippen LogP contribution in [0, 0.1) is 18.8 Å². The number of hydrogen-bond donors (Lipinski definition) is 1. The van der Waals surface area contributed by atoms with Gasteiger partial charge in [-0.2, -0.15) is 0 Å². The van der Waals surface area contributed by atoms with Crippen LogP contribution >= 0.6 is 0 Å². The minimum atomic E-state index is 0.720. The molecule has 0 amide bonds. The van der Waals surface area contributed by atoms with Crippen LogP contribution in [0.15, 0.2) is 18.3 Å². The summed E-state index contributed by atoms with van der Waals surface area (Å²) in [7, 11) is 0. The molecule has 0 radical (unpaired) electrons. The van der Waals surface area contributed by atoms with E-state index in [1.165, 1.54) is 24.8 Å². The lowest BCUT2D eigenvalue weighted by Crippen LogP contribution is -2.27. The number of nitrogens with zero attached hydrogens (tertiary/aromatic N) is 1. The molecule has 0 aromatic carbocycles. The van der Waals surface area contributed by atoms with Gasteiger partial charge >= 0.3 is 0 Å². The van der Waals surface area contributed by atoms with Gasteiger partial charge in [0.05, 0.1) is 0 Å². The van der Waals surface area contributed by atoms with Gasteiger partial charge in [-0.1, -0.05) is 26.3 Å². The first kappa shape index (κ1) is 13.5. The highest BCUT2D eigenvalue weighted by molar-refractivity contribution is 5.20. The summed E-state index contributed by atoms with van der Waals surface area (Å²) in [5.74, 6) is 2.26. The first-order valence-electron chi connectivity index (χ1n) is 7.30. The molecule has 2 nitrogen and oxygen atoms in total. The smallest absolute Gasteiger partial charge is 0.0372 e. The van der Waals surface area contributed by atoms with Crippen molar-refractivity contribution in [2.24, 2.45) is 11.8 Å². The Morgan fingerprint density at radius 2 is 2.17 bits per heavy atom. The summed E-state index contributed by atoms with van der Waals surface area (Å²) in [6.45, 7) is 8.89. The quantitative estimate of drug-likeness (QED) is 0.860. The van der Waals surface area contributed by atoms with E-state index in [1.807, 2.05) is 0 Å². The van der Waals surface area contributed by atoms with Gasteiger partial charge in [-0.3, -0.25) is 4.98 Å². The van der Waals surface area contributed by atoms with Gasteiger partial charge in [-0.05, 0) is 62.2 Å². The van der Waals surface area contributed by atoms with Crippen LogP contribution in [0.3, 0.4) is 0 Å². The fraction of sp³-hybridized carbons (Fsp3) is 0.688. The van der Waals surface area contributed by atoms with Gasteiger partial charge < -0.3 is 5.32 Å². The Labute approximate surface area is 111 Å². The Morgan fingerprint density at radius 1 is 1.33 bits per heavy atom. The molecule has 1 heterocycles. The van der Waals surface area contributed by atoms with Gasteiger partial charge in [-0.15, -0.1) is 0 Å². The second-order valence-corrected chi connectivity index (χ2v) is 6.08. The maximum Gasteiger partial charge on any atom is 0.0372 e. The van der Waals surface area contributed by atoms with Crippen LogP contribution in [0.25, 0.3) is 0 Å². The van der Waals surface area contributed by atoms with E-state index in [0.717, 1.165) is 36.5 Å². The van der Waals surface area contributed by atoms with Crippen LogP contribution in [-0.4, -0.2) is 18.1 Å².